The lowest BCUT2D eigenvalue weighted by atomic mass is 9.67. The van der Waals surface area contributed by atoms with E-state index in [1.807, 2.05) is 17.0 Å². The molecule has 1 amide bonds. The van der Waals surface area contributed by atoms with Crippen LogP contribution in [0.3, 0.4) is 0 Å². The lowest BCUT2D eigenvalue weighted by molar-refractivity contribution is -0.156. The third kappa shape index (κ3) is 4.95. The highest BCUT2D eigenvalue weighted by Gasteiger charge is 2.70. The third-order valence-corrected chi connectivity index (χ3v) is 9.57. The highest BCUT2D eigenvalue weighted by Crippen LogP contribution is 2.63. The molecule has 5 nitrogen and oxygen atoms in total. The molecule has 0 spiro atoms. The zero-order valence-electron chi connectivity index (χ0n) is 22.6. The van der Waals surface area contributed by atoms with E-state index in [2.05, 4.69) is 74.2 Å². The standard InChI is InChI=1S/C32H42N2O3/c1-22(2)26-15-14-23(3)20-27(26)28-21-32(28,31(36)37)30(35)34-18-16-33(17-19-34)29(24-10-6-4-7-11-24)25-12-8-5-9-13-25/h4-13,22-23,26-29H,14-21H2,1-3H3,(H,36,37)/t23-,26+,27+,28?,32?/m1/s1. The van der Waals surface area contributed by atoms with Crippen molar-refractivity contribution in [2.75, 3.05) is 26.2 Å². The average Bonchev–Trinajstić information content (AvgIpc) is 3.67. The lowest BCUT2D eigenvalue weighted by Crippen LogP contribution is -2.53. The summed E-state index contributed by atoms with van der Waals surface area (Å²) < 4.78 is 0. The number of carbonyl (C=O) groups is 2. The monoisotopic (exact) mass is 502 g/mol. The largest absolute Gasteiger partial charge is 0.480 e. The maximum Gasteiger partial charge on any atom is 0.319 e. The molecular formula is C32H42N2O3. The summed E-state index contributed by atoms with van der Waals surface area (Å²) in [4.78, 5) is 30.8. The molecule has 1 saturated heterocycles. The average molecular weight is 503 g/mol. The fraction of sp³-hybridized carbons (Fsp3) is 0.562. The molecule has 0 radical (unpaired) electrons. The van der Waals surface area contributed by atoms with E-state index in [1.54, 1.807) is 0 Å². The van der Waals surface area contributed by atoms with Gasteiger partial charge in [0.15, 0.2) is 0 Å². The van der Waals surface area contributed by atoms with Gasteiger partial charge in [-0.3, -0.25) is 14.5 Å². The van der Waals surface area contributed by atoms with E-state index < -0.39 is 11.4 Å². The van der Waals surface area contributed by atoms with Crippen molar-refractivity contribution in [1.29, 1.82) is 0 Å². The summed E-state index contributed by atoms with van der Waals surface area (Å²) in [5.74, 6) is 0.926. The van der Waals surface area contributed by atoms with Gasteiger partial charge in [-0.25, -0.2) is 0 Å². The molecule has 2 aromatic carbocycles. The number of aliphatic carboxylic acids is 1. The van der Waals surface area contributed by atoms with Gasteiger partial charge < -0.3 is 10.0 Å². The summed E-state index contributed by atoms with van der Waals surface area (Å²) in [7, 11) is 0. The Morgan fingerprint density at radius 1 is 0.892 bits per heavy atom. The summed E-state index contributed by atoms with van der Waals surface area (Å²) in [5, 5.41) is 10.4. The van der Waals surface area contributed by atoms with E-state index >= 15 is 0 Å². The minimum absolute atomic E-state index is 0.0212. The predicted octanol–water partition coefficient (Wildman–Crippen LogP) is 5.72. The number of rotatable bonds is 7. The van der Waals surface area contributed by atoms with Crippen LogP contribution in [0.1, 0.15) is 63.6 Å². The molecule has 2 unspecified atom stereocenters. The maximum absolute atomic E-state index is 13.9. The molecule has 0 aromatic heterocycles. The number of amides is 1. The molecular weight excluding hydrogens is 460 g/mol. The molecule has 2 aliphatic carbocycles. The van der Waals surface area contributed by atoms with Crippen molar-refractivity contribution in [3.63, 3.8) is 0 Å². The van der Waals surface area contributed by atoms with E-state index in [0.29, 0.717) is 43.2 Å². The molecule has 1 aliphatic heterocycles. The quantitative estimate of drug-likeness (QED) is 0.492. The van der Waals surface area contributed by atoms with Crippen LogP contribution in [0, 0.1) is 35.0 Å². The topological polar surface area (TPSA) is 60.9 Å². The van der Waals surface area contributed by atoms with Crippen LogP contribution in [0.15, 0.2) is 60.7 Å². The first-order valence-electron chi connectivity index (χ1n) is 14.2. The maximum atomic E-state index is 13.9. The van der Waals surface area contributed by atoms with E-state index in [4.69, 9.17) is 0 Å². The minimum atomic E-state index is -1.21. The summed E-state index contributed by atoms with van der Waals surface area (Å²) >= 11 is 0. The molecule has 198 valence electrons. The zero-order chi connectivity index (χ0) is 26.2. The molecule has 3 fully saturated rings. The first-order valence-corrected chi connectivity index (χ1v) is 14.2. The van der Waals surface area contributed by atoms with Crippen molar-refractivity contribution in [3.05, 3.63) is 71.8 Å². The van der Waals surface area contributed by atoms with Crippen LogP contribution in [0.25, 0.3) is 0 Å². The second kappa shape index (κ2) is 10.6. The summed E-state index contributed by atoms with van der Waals surface area (Å²) in [6, 6.07) is 21.2. The number of piperazine rings is 1. The second-order valence-corrected chi connectivity index (χ2v) is 12.1. The predicted molar refractivity (Wildman–Crippen MR) is 146 cm³/mol. The van der Waals surface area contributed by atoms with Gasteiger partial charge in [0.25, 0.3) is 0 Å². The van der Waals surface area contributed by atoms with Gasteiger partial charge in [-0.2, -0.15) is 0 Å². The lowest BCUT2D eigenvalue weighted by Gasteiger charge is -2.41. The van der Waals surface area contributed by atoms with Crippen LogP contribution >= 0.6 is 0 Å². The molecule has 3 aliphatic rings. The van der Waals surface area contributed by atoms with Crippen molar-refractivity contribution in [3.8, 4) is 0 Å². The highest BCUT2D eigenvalue weighted by molar-refractivity contribution is 6.05. The van der Waals surface area contributed by atoms with Crippen LogP contribution in [0.5, 0.6) is 0 Å². The summed E-state index contributed by atoms with van der Waals surface area (Å²) in [5.41, 5.74) is 1.27. The number of hydrogen-bond donors (Lipinski definition) is 1. The molecule has 2 saturated carbocycles. The number of benzene rings is 2. The normalized spacial score (nSPS) is 30.5. The Kier molecular flexibility index (Phi) is 7.44. The van der Waals surface area contributed by atoms with Gasteiger partial charge >= 0.3 is 5.97 Å². The van der Waals surface area contributed by atoms with Gasteiger partial charge in [0, 0.05) is 26.2 Å². The van der Waals surface area contributed by atoms with E-state index in [9.17, 15) is 14.7 Å². The van der Waals surface area contributed by atoms with Gasteiger partial charge in [-0.1, -0.05) is 87.9 Å². The fourth-order valence-electron chi connectivity index (χ4n) is 7.48. The van der Waals surface area contributed by atoms with Gasteiger partial charge in [0.2, 0.25) is 5.91 Å². The SMILES string of the molecule is CC(C)[C@@H]1CC[C@@H](C)C[C@@H]1C1CC1(C(=O)O)C(=O)N1CCN(C(c2ccccc2)c2ccccc2)CC1. The van der Waals surface area contributed by atoms with Crippen LogP contribution in [0.2, 0.25) is 0 Å². The van der Waals surface area contributed by atoms with Crippen molar-refractivity contribution in [2.45, 2.75) is 52.5 Å². The number of carboxylic acid groups (broad SMARTS) is 1. The molecule has 5 rings (SSSR count). The molecule has 1 N–H and O–H groups in total. The highest BCUT2D eigenvalue weighted by atomic mass is 16.4. The molecule has 37 heavy (non-hydrogen) atoms. The number of carbonyl (C=O) groups excluding carboxylic acids is 1. The second-order valence-electron chi connectivity index (χ2n) is 12.1. The van der Waals surface area contributed by atoms with Crippen LogP contribution in [0.4, 0.5) is 0 Å². The van der Waals surface area contributed by atoms with Gasteiger partial charge in [-0.05, 0) is 60.0 Å². The summed E-state index contributed by atoms with van der Waals surface area (Å²) in [6.45, 7) is 9.41. The number of nitrogens with zero attached hydrogens (tertiary/aromatic N) is 2. The summed E-state index contributed by atoms with van der Waals surface area (Å²) in [6.07, 6.45) is 3.94. The van der Waals surface area contributed by atoms with Crippen LogP contribution in [-0.4, -0.2) is 53.0 Å². The van der Waals surface area contributed by atoms with Crippen molar-refractivity contribution < 1.29 is 14.7 Å². The Morgan fingerprint density at radius 2 is 1.46 bits per heavy atom. The first kappa shape index (κ1) is 26.0. The molecule has 2 aromatic rings. The van der Waals surface area contributed by atoms with Crippen molar-refractivity contribution in [2.24, 2.45) is 35.0 Å². The van der Waals surface area contributed by atoms with Crippen molar-refractivity contribution in [1.82, 2.24) is 9.80 Å². The number of carboxylic acids is 1. The van der Waals surface area contributed by atoms with Crippen LogP contribution < -0.4 is 0 Å². The Bertz CT molecular complexity index is 1040. The number of hydrogen-bond acceptors (Lipinski definition) is 3. The minimum Gasteiger partial charge on any atom is -0.480 e. The molecule has 1 heterocycles. The Labute approximate surface area is 221 Å². The van der Waals surface area contributed by atoms with Gasteiger partial charge in [0.1, 0.15) is 5.41 Å². The molecule has 5 heteroatoms. The smallest absolute Gasteiger partial charge is 0.319 e. The molecule has 0 bridgehead atoms. The third-order valence-electron chi connectivity index (χ3n) is 9.57. The van der Waals surface area contributed by atoms with Crippen molar-refractivity contribution >= 4 is 11.9 Å². The van der Waals surface area contributed by atoms with E-state index in [1.165, 1.54) is 17.5 Å². The Hall–Kier alpha value is -2.66. The van der Waals surface area contributed by atoms with Gasteiger partial charge in [0.05, 0.1) is 6.04 Å². The van der Waals surface area contributed by atoms with E-state index in [0.717, 1.165) is 25.9 Å². The zero-order valence-corrected chi connectivity index (χ0v) is 22.6. The van der Waals surface area contributed by atoms with E-state index in [-0.39, 0.29) is 17.9 Å². The Balaban J connectivity index is 1.31. The molecule has 5 atom stereocenters. The van der Waals surface area contributed by atoms with Gasteiger partial charge in [-0.15, -0.1) is 0 Å². The Morgan fingerprint density at radius 3 is 1.97 bits per heavy atom. The fourth-order valence-corrected chi connectivity index (χ4v) is 7.48. The first-order chi connectivity index (χ1) is 17.8. The van der Waals surface area contributed by atoms with Crippen LogP contribution in [-0.2, 0) is 9.59 Å².